The van der Waals surface area contributed by atoms with E-state index in [-0.39, 0.29) is 0 Å². The summed E-state index contributed by atoms with van der Waals surface area (Å²) in [6.07, 6.45) is 0. The Labute approximate surface area is 172 Å². The van der Waals surface area contributed by atoms with Gasteiger partial charge in [-0.1, -0.05) is 39.7 Å². The fraction of sp³-hybridized carbons (Fsp3) is 0.300. The van der Waals surface area contributed by atoms with Crippen LogP contribution in [0.5, 0.6) is 0 Å². The van der Waals surface area contributed by atoms with Crippen LogP contribution in [0.4, 0.5) is 5.69 Å². The van der Waals surface area contributed by atoms with E-state index in [9.17, 15) is 0 Å². The Hall–Kier alpha value is -1.89. The lowest BCUT2D eigenvalue weighted by Crippen LogP contribution is -2.46. The topological polar surface area (TPSA) is 45.4 Å². The van der Waals surface area contributed by atoms with Crippen molar-refractivity contribution < 1.29 is 4.42 Å². The second kappa shape index (κ2) is 8.00. The molecule has 1 fully saturated rings. The van der Waals surface area contributed by atoms with Gasteiger partial charge in [-0.15, -0.1) is 10.2 Å². The lowest BCUT2D eigenvalue weighted by molar-refractivity contribution is 0.227. The molecule has 0 N–H and O–H groups in total. The molecule has 2 aromatic carbocycles. The molecule has 0 saturated carbocycles. The summed E-state index contributed by atoms with van der Waals surface area (Å²) in [6, 6.07) is 13.9. The number of aryl methyl sites for hydroxylation is 1. The van der Waals surface area contributed by atoms with Crippen molar-refractivity contribution in [3.05, 3.63) is 63.4 Å². The molecule has 0 atom stereocenters. The van der Waals surface area contributed by atoms with Crippen LogP contribution in [-0.2, 0) is 6.54 Å². The van der Waals surface area contributed by atoms with Gasteiger partial charge < -0.3 is 9.32 Å². The normalized spacial score (nSPS) is 15.3. The van der Waals surface area contributed by atoms with Gasteiger partial charge in [-0.2, -0.15) is 0 Å². The molecule has 0 radical (unpaired) electrons. The van der Waals surface area contributed by atoms with Crippen LogP contribution in [0.15, 0.2) is 51.4 Å². The minimum absolute atomic E-state index is 0.555. The van der Waals surface area contributed by atoms with E-state index in [1.54, 1.807) is 0 Å². The Morgan fingerprint density at radius 3 is 2.67 bits per heavy atom. The van der Waals surface area contributed by atoms with Crippen LogP contribution >= 0.6 is 27.5 Å². The highest BCUT2D eigenvalue weighted by atomic mass is 79.9. The molecule has 1 saturated heterocycles. The average molecular weight is 448 g/mol. The number of hydrogen-bond donors (Lipinski definition) is 0. The molecule has 0 aliphatic carbocycles. The van der Waals surface area contributed by atoms with E-state index in [0.29, 0.717) is 18.3 Å². The second-order valence-corrected chi connectivity index (χ2v) is 8.06. The zero-order chi connectivity index (χ0) is 18.8. The summed E-state index contributed by atoms with van der Waals surface area (Å²) in [6.45, 7) is 6.59. The first-order valence-electron chi connectivity index (χ1n) is 8.90. The Morgan fingerprint density at radius 2 is 1.89 bits per heavy atom. The van der Waals surface area contributed by atoms with E-state index in [1.165, 1.54) is 11.3 Å². The van der Waals surface area contributed by atoms with Crippen LogP contribution in [0.3, 0.4) is 0 Å². The van der Waals surface area contributed by atoms with Crippen molar-refractivity contribution in [2.24, 2.45) is 0 Å². The Morgan fingerprint density at radius 1 is 1.07 bits per heavy atom. The summed E-state index contributed by atoms with van der Waals surface area (Å²) in [4.78, 5) is 4.73. The molecule has 7 heteroatoms. The van der Waals surface area contributed by atoms with Gasteiger partial charge in [0.15, 0.2) is 0 Å². The van der Waals surface area contributed by atoms with E-state index in [4.69, 9.17) is 16.0 Å². The number of nitrogens with zero attached hydrogens (tertiary/aromatic N) is 4. The molecule has 0 spiro atoms. The van der Waals surface area contributed by atoms with Crippen LogP contribution in [0, 0.1) is 6.92 Å². The van der Waals surface area contributed by atoms with Crippen LogP contribution < -0.4 is 4.90 Å². The summed E-state index contributed by atoms with van der Waals surface area (Å²) in [5.74, 6) is 1.21. The third-order valence-electron chi connectivity index (χ3n) is 4.78. The van der Waals surface area contributed by atoms with Gasteiger partial charge in [0.05, 0.1) is 6.54 Å². The predicted molar refractivity (Wildman–Crippen MR) is 111 cm³/mol. The van der Waals surface area contributed by atoms with Crippen molar-refractivity contribution in [1.29, 1.82) is 0 Å². The molecular formula is C20H20BrClN4O. The van der Waals surface area contributed by atoms with E-state index < -0.39 is 0 Å². The third kappa shape index (κ3) is 4.34. The van der Waals surface area contributed by atoms with Crippen molar-refractivity contribution in [3.8, 4) is 11.5 Å². The monoisotopic (exact) mass is 446 g/mol. The SMILES string of the molecule is Cc1ccc(Cl)cc1N1CCN(Cc2nnc(-c3cccc(Br)c3)o2)CC1. The highest BCUT2D eigenvalue weighted by Gasteiger charge is 2.20. The van der Waals surface area contributed by atoms with Crippen LogP contribution in [-0.4, -0.2) is 41.3 Å². The first-order chi connectivity index (χ1) is 13.1. The molecular weight excluding hydrogens is 428 g/mol. The zero-order valence-electron chi connectivity index (χ0n) is 15.0. The molecule has 1 aliphatic heterocycles. The molecule has 140 valence electrons. The number of halogens is 2. The highest BCUT2D eigenvalue weighted by molar-refractivity contribution is 9.10. The van der Waals surface area contributed by atoms with Gasteiger partial charge in [0, 0.05) is 46.9 Å². The first-order valence-corrected chi connectivity index (χ1v) is 10.1. The number of anilines is 1. The van der Waals surface area contributed by atoms with Crippen molar-refractivity contribution >= 4 is 33.2 Å². The van der Waals surface area contributed by atoms with E-state index in [2.05, 4.69) is 55.0 Å². The van der Waals surface area contributed by atoms with Crippen LogP contribution in [0.2, 0.25) is 5.02 Å². The molecule has 1 aromatic heterocycles. The lowest BCUT2D eigenvalue weighted by atomic mass is 10.1. The lowest BCUT2D eigenvalue weighted by Gasteiger charge is -2.36. The molecule has 27 heavy (non-hydrogen) atoms. The summed E-state index contributed by atoms with van der Waals surface area (Å²) >= 11 is 9.64. The highest BCUT2D eigenvalue weighted by Crippen LogP contribution is 2.26. The van der Waals surface area contributed by atoms with Crippen LogP contribution in [0.1, 0.15) is 11.5 Å². The van der Waals surface area contributed by atoms with Crippen molar-refractivity contribution in [1.82, 2.24) is 15.1 Å². The maximum absolute atomic E-state index is 6.17. The molecule has 0 bridgehead atoms. The number of rotatable bonds is 4. The molecule has 3 aromatic rings. The smallest absolute Gasteiger partial charge is 0.247 e. The summed E-state index contributed by atoms with van der Waals surface area (Å²) < 4.78 is 6.85. The predicted octanol–water partition coefficient (Wildman–Crippen LogP) is 4.78. The Bertz CT molecular complexity index is 937. The van der Waals surface area contributed by atoms with Gasteiger partial charge in [-0.05, 0) is 42.8 Å². The van der Waals surface area contributed by atoms with Gasteiger partial charge >= 0.3 is 0 Å². The van der Waals surface area contributed by atoms with Gasteiger partial charge in [0.2, 0.25) is 11.8 Å². The minimum atomic E-state index is 0.555. The Kier molecular flexibility index (Phi) is 5.48. The minimum Gasteiger partial charge on any atom is -0.419 e. The third-order valence-corrected chi connectivity index (χ3v) is 5.51. The fourth-order valence-electron chi connectivity index (χ4n) is 3.32. The quantitative estimate of drug-likeness (QED) is 0.576. The summed E-state index contributed by atoms with van der Waals surface area (Å²) in [5, 5.41) is 9.18. The summed E-state index contributed by atoms with van der Waals surface area (Å²) in [5.41, 5.74) is 3.39. The number of benzene rings is 2. The molecule has 5 nitrogen and oxygen atoms in total. The molecule has 1 aliphatic rings. The average Bonchev–Trinajstić information content (AvgIpc) is 3.13. The van der Waals surface area contributed by atoms with Gasteiger partial charge in [-0.3, -0.25) is 4.90 Å². The van der Waals surface area contributed by atoms with Crippen LogP contribution in [0.25, 0.3) is 11.5 Å². The maximum Gasteiger partial charge on any atom is 0.247 e. The zero-order valence-corrected chi connectivity index (χ0v) is 17.4. The first kappa shape index (κ1) is 18.5. The summed E-state index contributed by atoms with van der Waals surface area (Å²) in [7, 11) is 0. The second-order valence-electron chi connectivity index (χ2n) is 6.71. The molecule has 0 amide bonds. The van der Waals surface area contributed by atoms with Crippen molar-refractivity contribution in [3.63, 3.8) is 0 Å². The van der Waals surface area contributed by atoms with Gasteiger partial charge in [0.25, 0.3) is 0 Å². The maximum atomic E-state index is 6.17. The largest absolute Gasteiger partial charge is 0.419 e. The number of piperazine rings is 1. The fourth-order valence-corrected chi connectivity index (χ4v) is 3.88. The molecule has 4 rings (SSSR count). The van der Waals surface area contributed by atoms with E-state index in [0.717, 1.165) is 41.2 Å². The number of hydrogen-bond acceptors (Lipinski definition) is 5. The van der Waals surface area contributed by atoms with Gasteiger partial charge in [-0.25, -0.2) is 0 Å². The van der Waals surface area contributed by atoms with E-state index in [1.807, 2.05) is 30.3 Å². The van der Waals surface area contributed by atoms with Crippen molar-refractivity contribution in [2.45, 2.75) is 13.5 Å². The Balaban J connectivity index is 1.38. The number of aromatic nitrogens is 2. The van der Waals surface area contributed by atoms with E-state index >= 15 is 0 Å². The van der Waals surface area contributed by atoms with Gasteiger partial charge in [0.1, 0.15) is 0 Å². The standard InChI is InChI=1S/C20H20BrClN4O/c1-14-5-6-17(22)12-18(14)26-9-7-25(8-10-26)13-19-23-24-20(27-19)15-3-2-4-16(21)11-15/h2-6,11-12H,7-10,13H2,1H3. The van der Waals surface area contributed by atoms with Crippen molar-refractivity contribution in [2.75, 3.05) is 31.1 Å². The molecule has 0 unspecified atom stereocenters. The molecule has 2 heterocycles.